The minimum Gasteiger partial charge on any atom is -0.481 e. The highest BCUT2D eigenvalue weighted by Gasteiger charge is 2.52. The SMILES string of the molecule is CC[C@]1(C(=O)NC(C)C)NCCC(C(=O)CCC(=O)O)[C@H]1c1ccc(Cl)cc1. The standard InChI is InChI=1S/C21H29ClN2O4/c1-4-21(20(28)24-13(2)3)19(14-5-7-15(22)8-6-14)16(11-12-23-21)17(25)9-10-18(26)27/h5-8,13,16,19,23H,4,9-12H2,1-3H3,(H,24,28)(H,26,27)/t16?,19-,21+/m1/s1. The fourth-order valence-corrected chi connectivity index (χ4v) is 4.26. The predicted octanol–water partition coefficient (Wildman–Crippen LogP) is 3.14. The smallest absolute Gasteiger partial charge is 0.303 e. The quantitative estimate of drug-likeness (QED) is 0.614. The number of rotatable bonds is 8. The molecule has 3 N–H and O–H groups in total. The lowest BCUT2D eigenvalue weighted by atomic mass is 9.64. The van der Waals surface area contributed by atoms with Crippen LogP contribution in [0.5, 0.6) is 0 Å². The number of benzene rings is 1. The first-order chi connectivity index (χ1) is 13.2. The van der Waals surface area contributed by atoms with Crippen molar-refractivity contribution in [3.8, 4) is 0 Å². The summed E-state index contributed by atoms with van der Waals surface area (Å²) in [6.45, 7) is 6.25. The van der Waals surface area contributed by atoms with Crippen molar-refractivity contribution in [3.05, 3.63) is 34.9 Å². The first-order valence-corrected chi connectivity index (χ1v) is 10.1. The maximum atomic E-state index is 13.2. The number of nitrogens with one attached hydrogen (secondary N) is 2. The molecule has 0 aromatic heterocycles. The Morgan fingerprint density at radius 3 is 2.43 bits per heavy atom. The van der Waals surface area contributed by atoms with Gasteiger partial charge in [0, 0.05) is 29.3 Å². The highest BCUT2D eigenvalue weighted by molar-refractivity contribution is 6.30. The van der Waals surface area contributed by atoms with Crippen LogP contribution >= 0.6 is 11.6 Å². The molecule has 0 aliphatic carbocycles. The summed E-state index contributed by atoms with van der Waals surface area (Å²) in [5.74, 6) is -2.08. The van der Waals surface area contributed by atoms with E-state index in [1.54, 1.807) is 12.1 Å². The molecule has 0 radical (unpaired) electrons. The van der Waals surface area contributed by atoms with E-state index in [0.29, 0.717) is 24.4 Å². The summed E-state index contributed by atoms with van der Waals surface area (Å²) >= 11 is 6.04. The van der Waals surface area contributed by atoms with Gasteiger partial charge in [-0.25, -0.2) is 0 Å². The van der Waals surface area contributed by atoms with Crippen molar-refractivity contribution in [1.29, 1.82) is 0 Å². The Morgan fingerprint density at radius 2 is 1.89 bits per heavy atom. The molecule has 3 atom stereocenters. The molecule has 1 aromatic carbocycles. The van der Waals surface area contributed by atoms with Crippen LogP contribution in [0.1, 0.15) is 57.9 Å². The number of carboxylic acids is 1. The zero-order valence-electron chi connectivity index (χ0n) is 16.6. The molecule has 28 heavy (non-hydrogen) atoms. The second-order valence-electron chi connectivity index (χ2n) is 7.66. The van der Waals surface area contributed by atoms with E-state index in [0.717, 1.165) is 5.56 Å². The average molecular weight is 409 g/mol. The van der Waals surface area contributed by atoms with Gasteiger partial charge in [0.2, 0.25) is 5.91 Å². The van der Waals surface area contributed by atoms with Crippen molar-refractivity contribution in [2.24, 2.45) is 5.92 Å². The van der Waals surface area contributed by atoms with Gasteiger partial charge in [-0.1, -0.05) is 30.7 Å². The molecule has 1 aromatic rings. The van der Waals surface area contributed by atoms with Gasteiger partial charge in [-0.3, -0.25) is 14.4 Å². The molecule has 0 saturated carbocycles. The van der Waals surface area contributed by atoms with E-state index in [1.165, 1.54) is 0 Å². The summed E-state index contributed by atoms with van der Waals surface area (Å²) in [5, 5.41) is 15.9. The number of ketones is 1. The molecule has 2 rings (SSSR count). The lowest BCUT2D eigenvalue weighted by Gasteiger charge is -2.47. The Balaban J connectivity index is 2.49. The molecule has 1 unspecified atom stereocenters. The fraction of sp³-hybridized carbons (Fsp3) is 0.571. The van der Waals surface area contributed by atoms with Crippen molar-refractivity contribution < 1.29 is 19.5 Å². The Labute approximate surface area is 171 Å². The van der Waals surface area contributed by atoms with Crippen LogP contribution in [-0.2, 0) is 14.4 Å². The van der Waals surface area contributed by atoms with Crippen LogP contribution in [0, 0.1) is 5.92 Å². The van der Waals surface area contributed by atoms with Crippen molar-refractivity contribution >= 4 is 29.3 Å². The molecule has 0 bridgehead atoms. The van der Waals surface area contributed by atoms with Crippen LogP contribution < -0.4 is 10.6 Å². The first-order valence-electron chi connectivity index (χ1n) is 9.77. The number of carbonyl (C=O) groups excluding carboxylic acids is 2. The molecule has 1 aliphatic heterocycles. The number of Topliss-reactive ketones (excluding diaryl/α,β-unsaturated/α-hetero) is 1. The largest absolute Gasteiger partial charge is 0.481 e. The van der Waals surface area contributed by atoms with Crippen LogP contribution in [-0.4, -0.2) is 40.9 Å². The van der Waals surface area contributed by atoms with Gasteiger partial charge in [0.05, 0.1) is 6.42 Å². The third-order valence-electron chi connectivity index (χ3n) is 5.44. The van der Waals surface area contributed by atoms with Gasteiger partial charge < -0.3 is 15.7 Å². The van der Waals surface area contributed by atoms with Gasteiger partial charge in [-0.15, -0.1) is 0 Å². The van der Waals surface area contributed by atoms with Crippen LogP contribution in [0.3, 0.4) is 0 Å². The summed E-state index contributed by atoms with van der Waals surface area (Å²) in [5.41, 5.74) is -0.0917. The van der Waals surface area contributed by atoms with Crippen LogP contribution in [0.15, 0.2) is 24.3 Å². The molecule has 1 amide bonds. The Bertz CT molecular complexity index is 720. The zero-order chi connectivity index (χ0) is 20.9. The van der Waals surface area contributed by atoms with Gasteiger partial charge in [0.15, 0.2) is 0 Å². The molecule has 7 heteroatoms. The molecule has 0 spiro atoms. The average Bonchev–Trinajstić information content (AvgIpc) is 2.65. The van der Waals surface area contributed by atoms with Crippen LogP contribution in [0.2, 0.25) is 5.02 Å². The lowest BCUT2D eigenvalue weighted by Crippen LogP contribution is -2.65. The lowest BCUT2D eigenvalue weighted by molar-refractivity contribution is -0.140. The molecule has 1 fully saturated rings. The summed E-state index contributed by atoms with van der Waals surface area (Å²) < 4.78 is 0. The fourth-order valence-electron chi connectivity index (χ4n) is 4.14. The topological polar surface area (TPSA) is 95.5 Å². The van der Waals surface area contributed by atoms with E-state index in [4.69, 9.17) is 16.7 Å². The predicted molar refractivity (Wildman–Crippen MR) is 108 cm³/mol. The Hall–Kier alpha value is -1.92. The van der Waals surface area contributed by atoms with Crippen molar-refractivity contribution in [2.75, 3.05) is 6.54 Å². The maximum absolute atomic E-state index is 13.2. The van der Waals surface area contributed by atoms with Gasteiger partial charge in [-0.05, 0) is 50.9 Å². The molecule has 6 nitrogen and oxygen atoms in total. The van der Waals surface area contributed by atoms with Gasteiger partial charge in [0.25, 0.3) is 0 Å². The van der Waals surface area contributed by atoms with Gasteiger partial charge in [0.1, 0.15) is 11.3 Å². The molecule has 1 heterocycles. The highest BCUT2D eigenvalue weighted by Crippen LogP contribution is 2.43. The van der Waals surface area contributed by atoms with E-state index in [1.807, 2.05) is 32.9 Å². The highest BCUT2D eigenvalue weighted by atomic mass is 35.5. The summed E-state index contributed by atoms with van der Waals surface area (Å²) in [4.78, 5) is 37.1. The van der Waals surface area contributed by atoms with E-state index in [2.05, 4.69) is 10.6 Å². The van der Waals surface area contributed by atoms with Crippen molar-refractivity contribution in [2.45, 2.75) is 64.0 Å². The maximum Gasteiger partial charge on any atom is 0.303 e. The van der Waals surface area contributed by atoms with E-state index >= 15 is 0 Å². The van der Waals surface area contributed by atoms with Crippen LogP contribution in [0.25, 0.3) is 0 Å². The number of hydrogen-bond donors (Lipinski definition) is 3. The minimum atomic E-state index is -0.996. The number of aliphatic carboxylic acids is 1. The van der Waals surface area contributed by atoms with E-state index in [-0.39, 0.29) is 30.6 Å². The second kappa shape index (κ2) is 9.52. The third-order valence-corrected chi connectivity index (χ3v) is 5.69. The normalized spacial score (nSPS) is 24.8. The number of carboxylic acid groups (broad SMARTS) is 1. The van der Waals surface area contributed by atoms with Gasteiger partial charge >= 0.3 is 5.97 Å². The number of piperidine rings is 1. The summed E-state index contributed by atoms with van der Waals surface area (Å²) in [6.07, 6.45) is 0.826. The number of hydrogen-bond acceptors (Lipinski definition) is 4. The number of halogens is 1. The van der Waals surface area contributed by atoms with Gasteiger partial charge in [-0.2, -0.15) is 0 Å². The Morgan fingerprint density at radius 1 is 1.25 bits per heavy atom. The molecular weight excluding hydrogens is 380 g/mol. The first kappa shape index (κ1) is 22.4. The summed E-state index contributed by atoms with van der Waals surface area (Å²) in [6, 6.07) is 7.18. The number of amides is 1. The Kier molecular flexibility index (Phi) is 7.61. The summed E-state index contributed by atoms with van der Waals surface area (Å²) in [7, 11) is 0. The second-order valence-corrected chi connectivity index (χ2v) is 8.10. The molecule has 154 valence electrons. The van der Waals surface area contributed by atoms with Crippen molar-refractivity contribution in [3.63, 3.8) is 0 Å². The third kappa shape index (κ3) is 4.92. The monoisotopic (exact) mass is 408 g/mol. The molecule has 1 aliphatic rings. The number of carbonyl (C=O) groups is 3. The molecular formula is C21H29ClN2O4. The van der Waals surface area contributed by atoms with E-state index < -0.39 is 23.3 Å². The zero-order valence-corrected chi connectivity index (χ0v) is 17.4. The molecule has 1 saturated heterocycles. The van der Waals surface area contributed by atoms with E-state index in [9.17, 15) is 14.4 Å². The van der Waals surface area contributed by atoms with Crippen molar-refractivity contribution in [1.82, 2.24) is 10.6 Å². The van der Waals surface area contributed by atoms with Crippen LogP contribution in [0.4, 0.5) is 0 Å². The minimum absolute atomic E-state index is 0.0321.